The van der Waals surface area contributed by atoms with Gasteiger partial charge in [-0.1, -0.05) is 18.2 Å². The number of nitrogens with zero attached hydrogens (tertiary/aromatic N) is 3. The molecule has 130 valence electrons. The fourth-order valence-corrected chi connectivity index (χ4v) is 3.26. The number of rotatable bonds is 4. The van der Waals surface area contributed by atoms with Crippen LogP contribution in [-0.2, 0) is 0 Å². The van der Waals surface area contributed by atoms with Crippen LogP contribution in [0.5, 0.6) is 0 Å². The van der Waals surface area contributed by atoms with Crippen molar-refractivity contribution in [1.29, 1.82) is 0 Å². The van der Waals surface area contributed by atoms with Gasteiger partial charge in [-0.2, -0.15) is 0 Å². The van der Waals surface area contributed by atoms with Crippen molar-refractivity contribution in [2.75, 3.05) is 36.0 Å². The van der Waals surface area contributed by atoms with E-state index in [1.807, 2.05) is 17.0 Å². The first kappa shape index (κ1) is 17.0. The number of hydrogen-bond acceptors (Lipinski definition) is 5. The predicted molar refractivity (Wildman–Crippen MR) is 98.7 cm³/mol. The Labute approximate surface area is 146 Å². The van der Waals surface area contributed by atoms with Gasteiger partial charge in [0.1, 0.15) is 5.69 Å². The molecule has 1 saturated heterocycles. The number of benzene rings is 2. The smallest absolute Gasteiger partial charge is 0.293 e. The second kappa shape index (κ2) is 6.93. The fraction of sp³-hybridized carbons (Fsp3) is 0.316. The number of piperazine rings is 1. The summed E-state index contributed by atoms with van der Waals surface area (Å²) in [6.07, 6.45) is 0. The predicted octanol–water partition coefficient (Wildman–Crippen LogP) is 3.43. The Morgan fingerprint density at radius 2 is 1.60 bits per heavy atom. The maximum Gasteiger partial charge on any atom is 0.293 e. The summed E-state index contributed by atoms with van der Waals surface area (Å²) in [7, 11) is 0. The molecule has 0 N–H and O–H groups in total. The first-order valence-corrected chi connectivity index (χ1v) is 8.32. The van der Waals surface area contributed by atoms with Gasteiger partial charge in [0.25, 0.3) is 5.69 Å². The number of aryl methyl sites for hydroxylation is 1. The zero-order valence-electron chi connectivity index (χ0n) is 14.4. The van der Waals surface area contributed by atoms with Gasteiger partial charge in [0, 0.05) is 43.5 Å². The van der Waals surface area contributed by atoms with Crippen molar-refractivity contribution in [3.8, 4) is 0 Å². The SMILES string of the molecule is CC(=O)c1ccc(N2CCN(c3ccccc3C)CC2)c([N+](=O)[O-])c1. The molecule has 0 atom stereocenters. The van der Waals surface area contributed by atoms with Gasteiger partial charge in [0.05, 0.1) is 4.92 Å². The number of carbonyl (C=O) groups is 1. The van der Waals surface area contributed by atoms with Crippen LogP contribution in [0.15, 0.2) is 42.5 Å². The molecule has 2 aromatic rings. The molecule has 0 radical (unpaired) electrons. The molecular formula is C19H21N3O3. The molecule has 0 aromatic heterocycles. The van der Waals surface area contributed by atoms with Gasteiger partial charge in [-0.3, -0.25) is 14.9 Å². The Morgan fingerprint density at radius 3 is 2.16 bits per heavy atom. The molecule has 0 unspecified atom stereocenters. The Hall–Kier alpha value is -2.89. The highest BCUT2D eigenvalue weighted by Gasteiger charge is 2.25. The lowest BCUT2D eigenvalue weighted by atomic mass is 10.1. The molecule has 1 fully saturated rings. The van der Waals surface area contributed by atoms with E-state index < -0.39 is 4.92 Å². The maximum atomic E-state index is 11.5. The highest BCUT2D eigenvalue weighted by Crippen LogP contribution is 2.31. The average Bonchev–Trinajstić information content (AvgIpc) is 2.61. The van der Waals surface area contributed by atoms with Gasteiger partial charge < -0.3 is 9.80 Å². The van der Waals surface area contributed by atoms with Gasteiger partial charge in [0.2, 0.25) is 0 Å². The summed E-state index contributed by atoms with van der Waals surface area (Å²) in [6.45, 7) is 6.52. The van der Waals surface area contributed by atoms with Crippen LogP contribution in [0.3, 0.4) is 0 Å². The van der Waals surface area contributed by atoms with E-state index in [1.54, 1.807) is 12.1 Å². The maximum absolute atomic E-state index is 11.5. The third-order valence-corrected chi connectivity index (χ3v) is 4.66. The molecule has 6 nitrogen and oxygen atoms in total. The lowest BCUT2D eigenvalue weighted by Crippen LogP contribution is -2.47. The normalized spacial score (nSPS) is 14.5. The molecule has 0 bridgehead atoms. The van der Waals surface area contributed by atoms with E-state index >= 15 is 0 Å². The topological polar surface area (TPSA) is 66.7 Å². The zero-order valence-corrected chi connectivity index (χ0v) is 14.4. The van der Waals surface area contributed by atoms with Crippen molar-refractivity contribution in [1.82, 2.24) is 0 Å². The third kappa shape index (κ3) is 3.47. The van der Waals surface area contributed by atoms with Crippen LogP contribution < -0.4 is 9.80 Å². The monoisotopic (exact) mass is 339 g/mol. The highest BCUT2D eigenvalue weighted by atomic mass is 16.6. The van der Waals surface area contributed by atoms with Crippen molar-refractivity contribution in [2.45, 2.75) is 13.8 Å². The summed E-state index contributed by atoms with van der Waals surface area (Å²) < 4.78 is 0. The Balaban J connectivity index is 1.80. The van der Waals surface area contributed by atoms with Crippen LogP contribution in [-0.4, -0.2) is 36.9 Å². The summed E-state index contributed by atoms with van der Waals surface area (Å²) in [5, 5.41) is 11.4. The second-order valence-corrected chi connectivity index (χ2v) is 6.28. The minimum atomic E-state index is -0.407. The second-order valence-electron chi connectivity index (χ2n) is 6.28. The molecule has 0 saturated carbocycles. The summed E-state index contributed by atoms with van der Waals surface area (Å²) in [5.74, 6) is -0.168. The van der Waals surface area contributed by atoms with Gasteiger partial charge >= 0.3 is 0 Å². The van der Waals surface area contributed by atoms with Crippen molar-refractivity contribution in [3.63, 3.8) is 0 Å². The minimum absolute atomic E-state index is 0.00274. The van der Waals surface area contributed by atoms with Gasteiger partial charge in [0.15, 0.2) is 5.78 Å². The number of nitro groups is 1. The standard InChI is InChI=1S/C19H21N3O3/c1-14-5-3-4-6-17(14)20-9-11-21(12-10-20)18-8-7-16(15(2)23)13-19(18)22(24)25/h3-8,13H,9-12H2,1-2H3. The Morgan fingerprint density at radius 1 is 1.00 bits per heavy atom. The third-order valence-electron chi connectivity index (χ3n) is 4.66. The van der Waals surface area contributed by atoms with Crippen molar-refractivity contribution in [2.24, 2.45) is 0 Å². The summed E-state index contributed by atoms with van der Waals surface area (Å²) in [4.78, 5) is 26.8. The number of Topliss-reactive ketones (excluding diaryl/α,β-unsaturated/α-hetero) is 1. The summed E-state index contributed by atoms with van der Waals surface area (Å²) in [5.41, 5.74) is 3.39. The van der Waals surface area contributed by atoms with E-state index in [0.29, 0.717) is 24.3 Å². The zero-order chi connectivity index (χ0) is 18.0. The minimum Gasteiger partial charge on any atom is -0.368 e. The number of anilines is 2. The first-order valence-electron chi connectivity index (χ1n) is 8.32. The quantitative estimate of drug-likeness (QED) is 0.485. The van der Waals surface area contributed by atoms with E-state index in [2.05, 4.69) is 24.0 Å². The van der Waals surface area contributed by atoms with E-state index in [1.165, 1.54) is 24.2 Å². The number of ketones is 1. The molecule has 25 heavy (non-hydrogen) atoms. The lowest BCUT2D eigenvalue weighted by molar-refractivity contribution is -0.384. The molecule has 2 aromatic carbocycles. The number of hydrogen-bond donors (Lipinski definition) is 0. The largest absolute Gasteiger partial charge is 0.368 e. The van der Waals surface area contributed by atoms with E-state index in [9.17, 15) is 14.9 Å². The molecular weight excluding hydrogens is 318 g/mol. The van der Waals surface area contributed by atoms with E-state index in [0.717, 1.165) is 13.1 Å². The summed E-state index contributed by atoms with van der Waals surface area (Å²) >= 11 is 0. The van der Waals surface area contributed by atoms with Gasteiger partial charge in [-0.25, -0.2) is 0 Å². The van der Waals surface area contributed by atoms with Crippen molar-refractivity contribution >= 4 is 22.8 Å². The highest BCUT2D eigenvalue weighted by molar-refractivity contribution is 5.95. The molecule has 0 aliphatic carbocycles. The van der Waals surface area contributed by atoms with E-state index in [-0.39, 0.29) is 11.5 Å². The number of para-hydroxylation sites is 1. The van der Waals surface area contributed by atoms with Crippen molar-refractivity contribution < 1.29 is 9.72 Å². The molecule has 0 amide bonds. The fourth-order valence-electron chi connectivity index (χ4n) is 3.26. The number of carbonyl (C=O) groups excluding carboxylic acids is 1. The van der Waals surface area contributed by atoms with Gasteiger partial charge in [-0.15, -0.1) is 0 Å². The van der Waals surface area contributed by atoms with E-state index in [4.69, 9.17) is 0 Å². The number of nitro benzene ring substituents is 1. The molecule has 3 rings (SSSR count). The van der Waals surface area contributed by atoms with Gasteiger partial charge in [-0.05, 0) is 37.6 Å². The van der Waals surface area contributed by atoms with Crippen molar-refractivity contribution in [3.05, 3.63) is 63.7 Å². The van der Waals surface area contributed by atoms with Crippen LogP contribution in [0.4, 0.5) is 17.1 Å². The van der Waals surface area contributed by atoms with Crippen LogP contribution in [0.25, 0.3) is 0 Å². The van der Waals surface area contributed by atoms with Crippen LogP contribution >= 0.6 is 0 Å². The molecule has 1 aliphatic rings. The van der Waals surface area contributed by atoms with Crippen LogP contribution in [0, 0.1) is 17.0 Å². The summed E-state index contributed by atoms with van der Waals surface area (Å²) in [6, 6.07) is 13.0. The molecule has 1 aliphatic heterocycles. The van der Waals surface area contributed by atoms with Crippen LogP contribution in [0.2, 0.25) is 0 Å². The lowest BCUT2D eigenvalue weighted by Gasteiger charge is -2.37. The first-order chi connectivity index (χ1) is 12.0. The molecule has 6 heteroatoms. The van der Waals surface area contributed by atoms with Crippen LogP contribution in [0.1, 0.15) is 22.8 Å². The molecule has 0 spiro atoms. The average molecular weight is 339 g/mol. The Kier molecular flexibility index (Phi) is 4.70. The Bertz CT molecular complexity index is 811. The molecule has 1 heterocycles.